The molecule has 0 bridgehead atoms. The van der Waals surface area contributed by atoms with Gasteiger partial charge in [-0.1, -0.05) is 6.92 Å². The molecule has 1 saturated heterocycles. The van der Waals surface area contributed by atoms with Gasteiger partial charge in [-0.15, -0.1) is 5.10 Å². The molecule has 2 heterocycles. The fraction of sp³-hybridized carbons (Fsp3) is 0.417. The molecule has 1 aliphatic rings. The highest BCUT2D eigenvalue weighted by Crippen LogP contribution is 2.30. The zero-order chi connectivity index (χ0) is 13.2. The van der Waals surface area contributed by atoms with E-state index in [0.29, 0.717) is 17.0 Å². The molecule has 100 valence electrons. The van der Waals surface area contributed by atoms with Crippen LogP contribution in [-0.4, -0.2) is 37.3 Å². The molecule has 1 aliphatic heterocycles. The van der Waals surface area contributed by atoms with Crippen molar-refractivity contribution < 1.29 is 4.39 Å². The second-order valence-electron chi connectivity index (χ2n) is 4.53. The van der Waals surface area contributed by atoms with Crippen LogP contribution in [0.1, 0.15) is 13.3 Å². The third-order valence-electron chi connectivity index (χ3n) is 3.28. The second-order valence-corrected chi connectivity index (χ2v) is 6.02. The average molecular weight is 279 g/mol. The van der Waals surface area contributed by atoms with Crippen LogP contribution in [0.15, 0.2) is 24.5 Å². The summed E-state index contributed by atoms with van der Waals surface area (Å²) in [5.41, 5.74) is 1.25. The lowest BCUT2D eigenvalue weighted by Crippen LogP contribution is -2.25. The lowest BCUT2D eigenvalue weighted by Gasteiger charge is -2.18. The molecule has 0 spiro atoms. The Hall–Kier alpha value is -1.63. The van der Waals surface area contributed by atoms with Gasteiger partial charge in [0.15, 0.2) is 0 Å². The molecule has 1 N–H and O–H groups in total. The lowest BCUT2D eigenvalue weighted by molar-refractivity contribution is 0.621. The maximum absolute atomic E-state index is 13.9. The zero-order valence-corrected chi connectivity index (χ0v) is 11.3. The molecule has 19 heavy (non-hydrogen) atoms. The molecule has 0 radical (unpaired) electrons. The van der Waals surface area contributed by atoms with E-state index in [0.717, 1.165) is 17.9 Å². The predicted molar refractivity (Wildman–Crippen MR) is 73.1 cm³/mol. The van der Waals surface area contributed by atoms with Crippen molar-refractivity contribution in [1.29, 1.82) is 0 Å². The Bertz CT molecular complexity index is 559. The van der Waals surface area contributed by atoms with Crippen molar-refractivity contribution in [2.45, 2.75) is 24.6 Å². The second kappa shape index (κ2) is 5.16. The van der Waals surface area contributed by atoms with Gasteiger partial charge in [0.25, 0.3) is 0 Å². The summed E-state index contributed by atoms with van der Waals surface area (Å²) in [6.07, 6.45) is 2.55. The molecule has 2 atom stereocenters. The maximum atomic E-state index is 13.9. The van der Waals surface area contributed by atoms with Crippen LogP contribution in [0.3, 0.4) is 0 Å². The Morgan fingerprint density at radius 1 is 1.47 bits per heavy atom. The Morgan fingerprint density at radius 3 is 3.05 bits per heavy atom. The summed E-state index contributed by atoms with van der Waals surface area (Å²) in [5.74, 6) is 0.869. The number of aromatic nitrogens is 4. The van der Waals surface area contributed by atoms with E-state index in [9.17, 15) is 4.39 Å². The first-order valence-electron chi connectivity index (χ1n) is 6.15. The first-order chi connectivity index (χ1) is 9.24. The molecule has 1 aromatic heterocycles. The topological polar surface area (TPSA) is 55.6 Å². The fourth-order valence-corrected chi connectivity index (χ4v) is 3.37. The number of anilines is 1. The third-order valence-corrected chi connectivity index (χ3v) is 4.61. The summed E-state index contributed by atoms with van der Waals surface area (Å²) < 4.78 is 15.4. The van der Waals surface area contributed by atoms with E-state index in [1.165, 1.54) is 17.1 Å². The third kappa shape index (κ3) is 2.56. The Balaban J connectivity index is 1.86. The van der Waals surface area contributed by atoms with Gasteiger partial charge in [-0.25, -0.2) is 9.07 Å². The molecule has 0 amide bonds. The van der Waals surface area contributed by atoms with Gasteiger partial charge in [0.1, 0.15) is 12.1 Å². The van der Waals surface area contributed by atoms with Crippen LogP contribution in [0.4, 0.5) is 10.1 Å². The highest BCUT2D eigenvalue weighted by Gasteiger charge is 2.24. The summed E-state index contributed by atoms with van der Waals surface area (Å²) in [6.45, 7) is 2.17. The SMILES string of the molecule is CC1SCCC1Nc1cc(-n2cnnn2)ccc1F. The average Bonchev–Trinajstić information content (AvgIpc) is 3.05. The molecule has 2 unspecified atom stereocenters. The summed E-state index contributed by atoms with van der Waals surface area (Å²) in [5, 5.41) is 14.7. The van der Waals surface area contributed by atoms with Crippen LogP contribution in [0.25, 0.3) is 5.69 Å². The van der Waals surface area contributed by atoms with Crippen molar-refractivity contribution in [1.82, 2.24) is 20.2 Å². The smallest absolute Gasteiger partial charge is 0.146 e. The van der Waals surface area contributed by atoms with Crippen LogP contribution >= 0.6 is 11.8 Å². The van der Waals surface area contributed by atoms with E-state index in [1.54, 1.807) is 12.1 Å². The van der Waals surface area contributed by atoms with Crippen molar-refractivity contribution in [2.75, 3.05) is 11.1 Å². The Labute approximate surface area is 114 Å². The van der Waals surface area contributed by atoms with Gasteiger partial charge in [0.05, 0.1) is 11.4 Å². The van der Waals surface area contributed by atoms with Gasteiger partial charge in [-0.2, -0.15) is 11.8 Å². The standard InChI is InChI=1S/C12H14FN5S/c1-8-11(4-5-19-8)15-12-6-9(2-3-10(12)13)18-7-14-16-17-18/h2-3,6-8,11,15H,4-5H2,1H3. The minimum atomic E-state index is -0.249. The van der Waals surface area contributed by atoms with Gasteiger partial charge in [-0.05, 0) is 40.8 Å². The van der Waals surface area contributed by atoms with Gasteiger partial charge in [0.2, 0.25) is 0 Å². The number of rotatable bonds is 3. The number of hydrogen-bond acceptors (Lipinski definition) is 5. The summed E-state index contributed by atoms with van der Waals surface area (Å²) in [4.78, 5) is 0. The number of nitrogens with one attached hydrogen (secondary N) is 1. The zero-order valence-electron chi connectivity index (χ0n) is 10.5. The number of hydrogen-bond donors (Lipinski definition) is 1. The molecular weight excluding hydrogens is 265 g/mol. The first kappa shape index (κ1) is 12.4. The molecule has 0 saturated carbocycles. The molecule has 3 rings (SSSR count). The highest BCUT2D eigenvalue weighted by molar-refractivity contribution is 8.00. The summed E-state index contributed by atoms with van der Waals surface area (Å²) in [7, 11) is 0. The van der Waals surface area contributed by atoms with E-state index < -0.39 is 0 Å². The molecule has 7 heteroatoms. The predicted octanol–water partition coefficient (Wildman–Crippen LogP) is 2.11. The van der Waals surface area contributed by atoms with E-state index in [-0.39, 0.29) is 5.82 Å². The molecule has 5 nitrogen and oxygen atoms in total. The van der Waals surface area contributed by atoms with Crippen molar-refractivity contribution in [3.8, 4) is 5.69 Å². The van der Waals surface area contributed by atoms with Gasteiger partial charge in [0, 0.05) is 11.3 Å². The minimum absolute atomic E-state index is 0.249. The van der Waals surface area contributed by atoms with E-state index in [4.69, 9.17) is 0 Å². The maximum Gasteiger partial charge on any atom is 0.146 e. The Morgan fingerprint density at radius 2 is 2.37 bits per heavy atom. The molecule has 1 fully saturated rings. The fourth-order valence-electron chi connectivity index (χ4n) is 2.17. The van der Waals surface area contributed by atoms with Crippen molar-refractivity contribution in [3.63, 3.8) is 0 Å². The largest absolute Gasteiger partial charge is 0.379 e. The van der Waals surface area contributed by atoms with Gasteiger partial charge < -0.3 is 5.32 Å². The molecule has 1 aromatic carbocycles. The molecule has 0 aliphatic carbocycles. The Kier molecular flexibility index (Phi) is 3.37. The quantitative estimate of drug-likeness (QED) is 0.932. The summed E-state index contributed by atoms with van der Waals surface area (Å²) in [6, 6.07) is 5.14. The first-order valence-corrected chi connectivity index (χ1v) is 7.20. The van der Waals surface area contributed by atoms with Crippen LogP contribution < -0.4 is 5.32 Å². The normalized spacial score (nSPS) is 22.6. The number of thioether (sulfide) groups is 1. The minimum Gasteiger partial charge on any atom is -0.379 e. The lowest BCUT2D eigenvalue weighted by atomic mass is 10.1. The van der Waals surface area contributed by atoms with Crippen molar-refractivity contribution in [3.05, 3.63) is 30.3 Å². The number of tetrazole rings is 1. The van der Waals surface area contributed by atoms with E-state index in [2.05, 4.69) is 27.8 Å². The van der Waals surface area contributed by atoms with Gasteiger partial charge in [-0.3, -0.25) is 0 Å². The van der Waals surface area contributed by atoms with Crippen LogP contribution in [0.2, 0.25) is 0 Å². The van der Waals surface area contributed by atoms with E-state index >= 15 is 0 Å². The number of benzene rings is 1. The summed E-state index contributed by atoms with van der Waals surface area (Å²) >= 11 is 1.91. The van der Waals surface area contributed by atoms with Gasteiger partial charge >= 0.3 is 0 Å². The molecular formula is C12H14FN5S. The van der Waals surface area contributed by atoms with Crippen molar-refractivity contribution in [2.24, 2.45) is 0 Å². The van der Waals surface area contributed by atoms with Crippen LogP contribution in [-0.2, 0) is 0 Å². The van der Waals surface area contributed by atoms with Crippen LogP contribution in [0.5, 0.6) is 0 Å². The number of nitrogens with zero attached hydrogens (tertiary/aromatic N) is 4. The van der Waals surface area contributed by atoms with Crippen LogP contribution in [0, 0.1) is 5.82 Å². The molecule has 2 aromatic rings. The monoisotopic (exact) mass is 279 g/mol. The highest BCUT2D eigenvalue weighted by atomic mass is 32.2. The van der Waals surface area contributed by atoms with E-state index in [1.807, 2.05) is 11.8 Å². The van der Waals surface area contributed by atoms with Crippen molar-refractivity contribution >= 4 is 17.4 Å². The number of halogens is 1.